The van der Waals surface area contributed by atoms with Gasteiger partial charge in [-0.2, -0.15) is 0 Å². The fourth-order valence-corrected chi connectivity index (χ4v) is 1.55. The molecule has 2 rings (SSSR count). The van der Waals surface area contributed by atoms with Crippen molar-refractivity contribution in [1.82, 2.24) is 4.98 Å². The minimum absolute atomic E-state index is 0.216. The van der Waals surface area contributed by atoms with Gasteiger partial charge in [-0.05, 0) is 42.8 Å². The smallest absolute Gasteiger partial charge is 0.136 e. The van der Waals surface area contributed by atoms with Crippen LogP contribution in [0.5, 0.6) is 5.75 Å². The van der Waals surface area contributed by atoms with E-state index in [1.54, 1.807) is 19.1 Å². The summed E-state index contributed by atoms with van der Waals surface area (Å²) in [6.07, 6.45) is 3.85. The monoisotopic (exact) mass is 245 g/mol. The molecule has 0 aliphatic heterocycles. The van der Waals surface area contributed by atoms with Crippen LogP contribution < -0.4 is 0 Å². The summed E-state index contributed by atoms with van der Waals surface area (Å²) in [6, 6.07) is 11.0. The molecule has 0 saturated heterocycles. The van der Waals surface area contributed by atoms with Crippen molar-refractivity contribution in [3.05, 3.63) is 58.4 Å². The number of nitrogens with zero attached hydrogens (tertiary/aromatic N) is 1. The fraction of sp³-hybridized carbons (Fsp3) is 0.0714. The number of hydrogen-bond acceptors (Lipinski definition) is 2. The van der Waals surface area contributed by atoms with E-state index in [4.69, 9.17) is 11.6 Å². The summed E-state index contributed by atoms with van der Waals surface area (Å²) >= 11 is 5.80. The summed E-state index contributed by atoms with van der Waals surface area (Å²) in [5.41, 5.74) is 2.50. The van der Waals surface area contributed by atoms with E-state index >= 15 is 0 Å². The lowest BCUT2D eigenvalue weighted by Crippen LogP contribution is -1.85. The van der Waals surface area contributed by atoms with Crippen LogP contribution in [-0.2, 0) is 0 Å². The van der Waals surface area contributed by atoms with Crippen molar-refractivity contribution in [3.8, 4) is 5.75 Å². The minimum atomic E-state index is 0.216. The first kappa shape index (κ1) is 11.7. The Bertz CT molecular complexity index is 547. The van der Waals surface area contributed by atoms with E-state index in [1.807, 2.05) is 36.4 Å². The van der Waals surface area contributed by atoms with E-state index in [2.05, 4.69) is 4.98 Å². The molecule has 0 aliphatic carbocycles. The Morgan fingerprint density at radius 2 is 1.76 bits per heavy atom. The van der Waals surface area contributed by atoms with Crippen molar-refractivity contribution >= 4 is 23.8 Å². The Morgan fingerprint density at radius 3 is 2.41 bits per heavy atom. The van der Waals surface area contributed by atoms with Gasteiger partial charge in [-0.25, -0.2) is 4.98 Å². The molecule has 1 heterocycles. The number of benzene rings is 1. The Balaban J connectivity index is 2.20. The average molecular weight is 246 g/mol. The van der Waals surface area contributed by atoms with E-state index in [0.717, 1.165) is 16.3 Å². The zero-order valence-electron chi connectivity index (χ0n) is 9.39. The number of rotatable bonds is 2. The Hall–Kier alpha value is -1.80. The standard InChI is InChI=1S/C14H12ClNO/c1-10-14(17)9-8-13(16-10)7-4-11-2-5-12(15)6-3-11/h2-9,17H,1H3. The molecule has 0 aliphatic rings. The number of aromatic hydroxyl groups is 1. The van der Waals surface area contributed by atoms with Crippen molar-refractivity contribution < 1.29 is 5.11 Å². The van der Waals surface area contributed by atoms with E-state index in [9.17, 15) is 5.11 Å². The van der Waals surface area contributed by atoms with Crippen LogP contribution in [0.15, 0.2) is 36.4 Å². The molecule has 0 amide bonds. The maximum absolute atomic E-state index is 9.36. The van der Waals surface area contributed by atoms with Crippen molar-refractivity contribution in [2.45, 2.75) is 6.92 Å². The molecule has 0 unspecified atom stereocenters. The second kappa shape index (κ2) is 5.02. The third kappa shape index (κ3) is 3.08. The molecule has 0 fully saturated rings. The van der Waals surface area contributed by atoms with Crippen molar-refractivity contribution in [2.24, 2.45) is 0 Å². The maximum atomic E-state index is 9.36. The normalized spacial score (nSPS) is 10.9. The number of halogens is 1. The third-order valence-electron chi connectivity index (χ3n) is 2.40. The second-order valence-corrected chi connectivity index (χ2v) is 4.16. The lowest BCUT2D eigenvalue weighted by Gasteiger charge is -1.99. The van der Waals surface area contributed by atoms with Gasteiger partial charge < -0.3 is 5.11 Å². The molecule has 0 spiro atoms. The topological polar surface area (TPSA) is 33.1 Å². The van der Waals surface area contributed by atoms with E-state index in [-0.39, 0.29) is 5.75 Å². The van der Waals surface area contributed by atoms with Crippen LogP contribution in [0.25, 0.3) is 12.2 Å². The maximum Gasteiger partial charge on any atom is 0.136 e. The molecule has 1 aromatic carbocycles. The van der Waals surface area contributed by atoms with Crippen LogP contribution in [0, 0.1) is 6.92 Å². The quantitative estimate of drug-likeness (QED) is 0.870. The predicted molar refractivity (Wildman–Crippen MR) is 71.0 cm³/mol. The zero-order valence-corrected chi connectivity index (χ0v) is 10.1. The van der Waals surface area contributed by atoms with E-state index in [0.29, 0.717) is 5.69 Å². The SMILES string of the molecule is Cc1nc(C=Cc2ccc(Cl)cc2)ccc1O. The summed E-state index contributed by atoms with van der Waals surface area (Å²) in [6.45, 7) is 1.77. The summed E-state index contributed by atoms with van der Waals surface area (Å²) in [5.74, 6) is 0.216. The summed E-state index contributed by atoms with van der Waals surface area (Å²) in [5, 5.41) is 10.1. The van der Waals surface area contributed by atoms with Gasteiger partial charge >= 0.3 is 0 Å². The molecule has 0 radical (unpaired) electrons. The highest BCUT2D eigenvalue weighted by molar-refractivity contribution is 6.30. The number of aryl methyl sites for hydroxylation is 1. The van der Waals surface area contributed by atoms with Gasteiger partial charge in [-0.15, -0.1) is 0 Å². The van der Waals surface area contributed by atoms with Crippen LogP contribution in [0.3, 0.4) is 0 Å². The molecule has 1 N–H and O–H groups in total. The molecule has 2 nitrogen and oxygen atoms in total. The molecule has 3 heteroatoms. The largest absolute Gasteiger partial charge is 0.506 e. The number of pyridine rings is 1. The molecule has 1 aromatic heterocycles. The Kier molecular flexibility index (Phi) is 3.45. The van der Waals surface area contributed by atoms with Gasteiger partial charge in [0.25, 0.3) is 0 Å². The molecule has 17 heavy (non-hydrogen) atoms. The lowest BCUT2D eigenvalue weighted by atomic mass is 10.2. The first-order valence-corrected chi connectivity index (χ1v) is 5.63. The molecule has 0 saturated carbocycles. The highest BCUT2D eigenvalue weighted by Gasteiger charge is 1.96. The van der Waals surface area contributed by atoms with Gasteiger partial charge in [-0.3, -0.25) is 0 Å². The Morgan fingerprint density at radius 1 is 1.06 bits per heavy atom. The minimum Gasteiger partial charge on any atom is -0.506 e. The molecular formula is C14H12ClNO. The highest BCUT2D eigenvalue weighted by Crippen LogP contribution is 2.15. The van der Waals surface area contributed by atoms with Gasteiger partial charge in [0.1, 0.15) is 5.75 Å². The molecule has 86 valence electrons. The molecule has 0 bridgehead atoms. The molecule has 0 atom stereocenters. The van der Waals surface area contributed by atoms with Crippen LogP contribution in [0.2, 0.25) is 5.02 Å². The fourth-order valence-electron chi connectivity index (χ4n) is 1.42. The van der Waals surface area contributed by atoms with Crippen LogP contribution >= 0.6 is 11.6 Å². The predicted octanol–water partition coefficient (Wildman–Crippen LogP) is 3.92. The van der Waals surface area contributed by atoms with Gasteiger partial charge in [0, 0.05) is 5.02 Å². The summed E-state index contributed by atoms with van der Waals surface area (Å²) in [7, 11) is 0. The van der Waals surface area contributed by atoms with Crippen molar-refractivity contribution in [1.29, 1.82) is 0 Å². The number of aromatic nitrogens is 1. The van der Waals surface area contributed by atoms with Crippen molar-refractivity contribution in [2.75, 3.05) is 0 Å². The third-order valence-corrected chi connectivity index (χ3v) is 2.65. The van der Waals surface area contributed by atoms with E-state index < -0.39 is 0 Å². The lowest BCUT2D eigenvalue weighted by molar-refractivity contribution is 0.467. The van der Waals surface area contributed by atoms with Crippen LogP contribution in [-0.4, -0.2) is 10.1 Å². The van der Waals surface area contributed by atoms with Gasteiger partial charge in [0.15, 0.2) is 0 Å². The molecule has 2 aromatic rings. The summed E-state index contributed by atoms with van der Waals surface area (Å²) < 4.78 is 0. The second-order valence-electron chi connectivity index (χ2n) is 3.73. The summed E-state index contributed by atoms with van der Waals surface area (Å²) in [4.78, 5) is 4.24. The van der Waals surface area contributed by atoms with Gasteiger partial charge in [0.2, 0.25) is 0 Å². The van der Waals surface area contributed by atoms with Crippen LogP contribution in [0.4, 0.5) is 0 Å². The van der Waals surface area contributed by atoms with Gasteiger partial charge in [0.05, 0.1) is 11.4 Å². The molecular weight excluding hydrogens is 234 g/mol. The first-order chi connectivity index (χ1) is 8.15. The first-order valence-electron chi connectivity index (χ1n) is 5.25. The Labute approximate surface area is 105 Å². The van der Waals surface area contributed by atoms with Gasteiger partial charge in [-0.1, -0.05) is 29.8 Å². The number of hydrogen-bond donors (Lipinski definition) is 1. The zero-order chi connectivity index (χ0) is 12.3. The van der Waals surface area contributed by atoms with Crippen molar-refractivity contribution in [3.63, 3.8) is 0 Å². The van der Waals surface area contributed by atoms with Crippen LogP contribution in [0.1, 0.15) is 17.0 Å². The highest BCUT2D eigenvalue weighted by atomic mass is 35.5. The average Bonchev–Trinajstić information content (AvgIpc) is 2.33. The van der Waals surface area contributed by atoms with E-state index in [1.165, 1.54) is 0 Å².